The van der Waals surface area contributed by atoms with Gasteiger partial charge in [-0.05, 0) is 49.2 Å². The van der Waals surface area contributed by atoms with Gasteiger partial charge in [-0.3, -0.25) is 5.10 Å². The molecule has 6 nitrogen and oxygen atoms in total. The first-order chi connectivity index (χ1) is 14.7. The second-order valence-corrected chi connectivity index (χ2v) is 7.28. The standard InChI is InChI=1S/C24H28N2O4/c1-3-28-18-8-5-7-16(11-18)12-21-20-13-17-14-22(29-4-2)23(30-10-6-9-27)15-19(17)24(20)26-25-21/h5,7-8,11,14-15,27H,3-4,6,9-10,12-13H2,1-2H3,(H,25,26). The second kappa shape index (κ2) is 9.22. The predicted octanol–water partition coefficient (Wildman–Crippen LogP) is 4.13. The maximum Gasteiger partial charge on any atom is 0.161 e. The summed E-state index contributed by atoms with van der Waals surface area (Å²) < 4.78 is 17.3. The third-order valence-corrected chi connectivity index (χ3v) is 5.19. The molecule has 0 bridgehead atoms. The maximum atomic E-state index is 9.04. The third-order valence-electron chi connectivity index (χ3n) is 5.19. The molecule has 0 spiro atoms. The Kier molecular flexibility index (Phi) is 6.23. The van der Waals surface area contributed by atoms with Crippen molar-refractivity contribution in [1.82, 2.24) is 10.2 Å². The molecule has 0 saturated carbocycles. The second-order valence-electron chi connectivity index (χ2n) is 7.28. The van der Waals surface area contributed by atoms with Gasteiger partial charge in [0.05, 0.1) is 25.5 Å². The molecule has 158 valence electrons. The van der Waals surface area contributed by atoms with E-state index in [1.54, 1.807) is 0 Å². The van der Waals surface area contributed by atoms with Gasteiger partial charge in [0.25, 0.3) is 0 Å². The van der Waals surface area contributed by atoms with Gasteiger partial charge in [0.1, 0.15) is 5.75 Å². The Labute approximate surface area is 176 Å². The van der Waals surface area contributed by atoms with E-state index >= 15 is 0 Å². The Morgan fingerprint density at radius 3 is 2.67 bits per heavy atom. The molecule has 0 amide bonds. The summed E-state index contributed by atoms with van der Waals surface area (Å²) in [5, 5.41) is 16.9. The smallest absolute Gasteiger partial charge is 0.161 e. The van der Waals surface area contributed by atoms with E-state index in [1.807, 2.05) is 32.0 Å². The van der Waals surface area contributed by atoms with Crippen LogP contribution in [0.3, 0.4) is 0 Å². The number of aliphatic hydroxyl groups excluding tert-OH is 1. The fourth-order valence-corrected chi connectivity index (χ4v) is 3.86. The summed E-state index contributed by atoms with van der Waals surface area (Å²) in [6, 6.07) is 12.3. The van der Waals surface area contributed by atoms with Crippen LogP contribution in [0.4, 0.5) is 0 Å². The summed E-state index contributed by atoms with van der Waals surface area (Å²) in [5.41, 5.74) is 6.79. The van der Waals surface area contributed by atoms with E-state index in [0.29, 0.717) is 32.0 Å². The molecule has 1 aromatic heterocycles. The lowest BCUT2D eigenvalue weighted by Crippen LogP contribution is -2.03. The number of H-pyrrole nitrogens is 1. The number of hydrogen-bond donors (Lipinski definition) is 2. The van der Waals surface area contributed by atoms with Gasteiger partial charge in [0.15, 0.2) is 11.5 Å². The molecule has 2 N–H and O–H groups in total. The number of ether oxygens (including phenoxy) is 3. The highest BCUT2D eigenvalue weighted by Gasteiger charge is 2.27. The largest absolute Gasteiger partial charge is 0.494 e. The molecule has 6 heteroatoms. The van der Waals surface area contributed by atoms with Crippen LogP contribution in [0.25, 0.3) is 11.3 Å². The number of nitrogens with zero attached hydrogens (tertiary/aromatic N) is 1. The predicted molar refractivity (Wildman–Crippen MR) is 116 cm³/mol. The Morgan fingerprint density at radius 1 is 1.03 bits per heavy atom. The topological polar surface area (TPSA) is 76.6 Å². The number of nitrogens with one attached hydrogen (secondary N) is 1. The van der Waals surface area contributed by atoms with E-state index in [4.69, 9.17) is 19.3 Å². The zero-order valence-corrected chi connectivity index (χ0v) is 17.5. The summed E-state index contributed by atoms with van der Waals surface area (Å²) in [6.07, 6.45) is 2.18. The van der Waals surface area contributed by atoms with Gasteiger partial charge < -0.3 is 19.3 Å². The number of aliphatic hydroxyl groups is 1. The van der Waals surface area contributed by atoms with Crippen LogP contribution < -0.4 is 14.2 Å². The lowest BCUT2D eigenvalue weighted by Gasteiger charge is -2.14. The van der Waals surface area contributed by atoms with E-state index in [-0.39, 0.29) is 6.61 Å². The van der Waals surface area contributed by atoms with Crippen LogP contribution in [0.2, 0.25) is 0 Å². The fourth-order valence-electron chi connectivity index (χ4n) is 3.86. The van der Waals surface area contributed by atoms with Crippen LogP contribution in [-0.2, 0) is 12.8 Å². The fraction of sp³-hybridized carbons (Fsp3) is 0.375. The average Bonchev–Trinajstić information content (AvgIpc) is 3.29. The molecule has 1 aliphatic carbocycles. The van der Waals surface area contributed by atoms with Crippen molar-refractivity contribution in [2.75, 3.05) is 26.4 Å². The Hall–Kier alpha value is -2.99. The first kappa shape index (κ1) is 20.3. The van der Waals surface area contributed by atoms with Crippen LogP contribution in [0.1, 0.15) is 42.7 Å². The number of aromatic nitrogens is 2. The van der Waals surface area contributed by atoms with Gasteiger partial charge in [-0.25, -0.2) is 0 Å². The highest BCUT2D eigenvalue weighted by molar-refractivity contribution is 5.77. The number of rotatable bonds is 10. The van der Waals surface area contributed by atoms with E-state index < -0.39 is 0 Å². The minimum Gasteiger partial charge on any atom is -0.494 e. The molecule has 0 atom stereocenters. The molecule has 0 aliphatic heterocycles. The minimum atomic E-state index is 0.103. The first-order valence-corrected chi connectivity index (χ1v) is 10.5. The zero-order valence-electron chi connectivity index (χ0n) is 17.5. The van der Waals surface area contributed by atoms with Crippen LogP contribution in [0.5, 0.6) is 17.2 Å². The summed E-state index contributed by atoms with van der Waals surface area (Å²) in [5.74, 6) is 2.33. The van der Waals surface area contributed by atoms with Crippen LogP contribution in [0.15, 0.2) is 36.4 Å². The van der Waals surface area contributed by atoms with E-state index in [2.05, 4.69) is 28.4 Å². The molecular weight excluding hydrogens is 380 g/mol. The van der Waals surface area contributed by atoms with E-state index in [1.165, 1.54) is 16.7 Å². The molecule has 0 unspecified atom stereocenters. The Balaban J connectivity index is 1.60. The van der Waals surface area contributed by atoms with Crippen molar-refractivity contribution in [2.45, 2.75) is 33.1 Å². The van der Waals surface area contributed by atoms with Crippen molar-refractivity contribution in [3.63, 3.8) is 0 Å². The third kappa shape index (κ3) is 4.14. The monoisotopic (exact) mass is 408 g/mol. The van der Waals surface area contributed by atoms with E-state index in [0.717, 1.165) is 41.3 Å². The molecule has 30 heavy (non-hydrogen) atoms. The van der Waals surface area contributed by atoms with Gasteiger partial charge in [0.2, 0.25) is 0 Å². The molecule has 1 aliphatic rings. The lowest BCUT2D eigenvalue weighted by molar-refractivity contribution is 0.225. The van der Waals surface area contributed by atoms with Crippen LogP contribution in [0, 0.1) is 0 Å². The highest BCUT2D eigenvalue weighted by atomic mass is 16.5. The van der Waals surface area contributed by atoms with E-state index in [9.17, 15) is 0 Å². The molecule has 1 heterocycles. The van der Waals surface area contributed by atoms with Crippen molar-refractivity contribution < 1.29 is 19.3 Å². The van der Waals surface area contributed by atoms with Crippen LogP contribution in [-0.4, -0.2) is 41.7 Å². The van der Waals surface area contributed by atoms with Gasteiger partial charge in [0, 0.05) is 42.7 Å². The van der Waals surface area contributed by atoms with Gasteiger partial charge in [-0.15, -0.1) is 0 Å². The summed E-state index contributed by atoms with van der Waals surface area (Å²) in [4.78, 5) is 0. The SMILES string of the molecule is CCOc1cccc(Cc2[nH]nc3c2Cc2cc(OCC)c(OCCCO)cc2-3)c1. The summed E-state index contributed by atoms with van der Waals surface area (Å²) >= 11 is 0. The number of benzene rings is 2. The quantitative estimate of drug-likeness (QED) is 0.386. The summed E-state index contributed by atoms with van der Waals surface area (Å²) in [7, 11) is 0. The van der Waals surface area contributed by atoms with Gasteiger partial charge in [-0.2, -0.15) is 5.10 Å². The summed E-state index contributed by atoms with van der Waals surface area (Å²) in [6.45, 7) is 5.73. The highest BCUT2D eigenvalue weighted by Crippen LogP contribution is 2.43. The molecule has 0 fully saturated rings. The lowest BCUT2D eigenvalue weighted by atomic mass is 10.0. The Morgan fingerprint density at radius 2 is 1.87 bits per heavy atom. The van der Waals surface area contributed by atoms with Crippen molar-refractivity contribution in [3.05, 3.63) is 58.8 Å². The van der Waals surface area contributed by atoms with Crippen molar-refractivity contribution in [2.24, 2.45) is 0 Å². The average molecular weight is 408 g/mol. The number of aromatic amines is 1. The van der Waals surface area contributed by atoms with Crippen molar-refractivity contribution in [1.29, 1.82) is 0 Å². The molecule has 3 aromatic rings. The molecule has 0 radical (unpaired) electrons. The van der Waals surface area contributed by atoms with Crippen molar-refractivity contribution in [3.8, 4) is 28.5 Å². The normalized spacial score (nSPS) is 11.8. The maximum absolute atomic E-state index is 9.04. The van der Waals surface area contributed by atoms with Gasteiger partial charge in [-0.1, -0.05) is 12.1 Å². The Bertz CT molecular complexity index is 1010. The molecule has 4 rings (SSSR count). The van der Waals surface area contributed by atoms with Crippen LogP contribution >= 0.6 is 0 Å². The molecule has 0 saturated heterocycles. The zero-order chi connectivity index (χ0) is 20.9. The van der Waals surface area contributed by atoms with Crippen molar-refractivity contribution >= 4 is 0 Å². The minimum absolute atomic E-state index is 0.103. The molecule has 2 aromatic carbocycles. The molecular formula is C24H28N2O4. The first-order valence-electron chi connectivity index (χ1n) is 10.5. The number of hydrogen-bond acceptors (Lipinski definition) is 5. The number of fused-ring (bicyclic) bond motifs is 3. The van der Waals surface area contributed by atoms with Gasteiger partial charge >= 0.3 is 0 Å².